The highest BCUT2D eigenvalue weighted by Gasteiger charge is 2.30. The van der Waals surface area contributed by atoms with Gasteiger partial charge in [-0.2, -0.15) is 5.10 Å². The Kier molecular flexibility index (Phi) is 2.59. The highest BCUT2D eigenvalue weighted by atomic mass is 16.5. The van der Waals surface area contributed by atoms with Crippen molar-refractivity contribution in [2.24, 2.45) is 5.73 Å². The van der Waals surface area contributed by atoms with E-state index in [9.17, 15) is 0 Å². The Morgan fingerprint density at radius 2 is 2.11 bits per heavy atom. The van der Waals surface area contributed by atoms with Gasteiger partial charge >= 0.3 is 0 Å². The molecule has 2 atom stereocenters. The molecule has 18 heavy (non-hydrogen) atoms. The van der Waals surface area contributed by atoms with Gasteiger partial charge in [0.25, 0.3) is 0 Å². The van der Waals surface area contributed by atoms with E-state index in [1.807, 2.05) is 42.8 Å². The Bertz CT molecular complexity index is 576. The van der Waals surface area contributed by atoms with Gasteiger partial charge in [0, 0.05) is 11.3 Å². The molecule has 0 aliphatic carbocycles. The number of aromatic nitrogens is 2. The van der Waals surface area contributed by atoms with Crippen LogP contribution < -0.4 is 10.5 Å². The predicted octanol–water partition coefficient (Wildman–Crippen LogP) is 2.13. The quantitative estimate of drug-likeness (QED) is 0.834. The van der Waals surface area contributed by atoms with Crippen LogP contribution in [-0.4, -0.2) is 16.4 Å². The van der Waals surface area contributed by atoms with Crippen LogP contribution >= 0.6 is 0 Å². The second kappa shape index (κ2) is 4.14. The topological polar surface area (TPSA) is 53.1 Å². The van der Waals surface area contributed by atoms with Crippen LogP contribution in [0.15, 0.2) is 30.3 Å². The number of fused-ring (bicyclic) bond motifs is 1. The van der Waals surface area contributed by atoms with Crippen LogP contribution in [0.1, 0.15) is 29.0 Å². The minimum Gasteiger partial charge on any atom is -0.491 e. The van der Waals surface area contributed by atoms with Gasteiger partial charge in [0.1, 0.15) is 18.4 Å². The van der Waals surface area contributed by atoms with Crippen molar-refractivity contribution in [2.45, 2.75) is 25.9 Å². The zero-order valence-corrected chi connectivity index (χ0v) is 10.6. The first-order valence-corrected chi connectivity index (χ1v) is 6.17. The predicted molar refractivity (Wildman–Crippen MR) is 69.6 cm³/mol. The van der Waals surface area contributed by atoms with E-state index in [4.69, 9.17) is 10.5 Å². The molecule has 1 aliphatic rings. The third kappa shape index (κ3) is 1.69. The van der Waals surface area contributed by atoms with Crippen molar-refractivity contribution in [1.29, 1.82) is 0 Å². The smallest absolute Gasteiger partial charge is 0.124 e. The molecule has 4 nitrogen and oxygen atoms in total. The monoisotopic (exact) mass is 243 g/mol. The highest BCUT2D eigenvalue weighted by molar-refractivity contribution is 5.38. The van der Waals surface area contributed by atoms with E-state index in [0.29, 0.717) is 6.61 Å². The number of rotatable bonds is 1. The van der Waals surface area contributed by atoms with Crippen molar-refractivity contribution in [2.75, 3.05) is 6.61 Å². The van der Waals surface area contributed by atoms with Crippen LogP contribution in [-0.2, 0) is 0 Å². The van der Waals surface area contributed by atoms with E-state index in [-0.39, 0.29) is 12.1 Å². The molecule has 0 amide bonds. The lowest BCUT2D eigenvalue weighted by Crippen LogP contribution is -2.34. The maximum Gasteiger partial charge on any atom is 0.124 e. The third-order valence-electron chi connectivity index (χ3n) is 3.46. The maximum atomic E-state index is 6.36. The summed E-state index contributed by atoms with van der Waals surface area (Å²) in [4.78, 5) is 0. The van der Waals surface area contributed by atoms with Crippen LogP contribution in [0.3, 0.4) is 0 Å². The van der Waals surface area contributed by atoms with Gasteiger partial charge in [0.2, 0.25) is 0 Å². The summed E-state index contributed by atoms with van der Waals surface area (Å²) < 4.78 is 7.77. The van der Waals surface area contributed by atoms with Crippen molar-refractivity contribution in [3.8, 4) is 5.75 Å². The van der Waals surface area contributed by atoms with Gasteiger partial charge in [-0.25, -0.2) is 0 Å². The summed E-state index contributed by atoms with van der Waals surface area (Å²) in [5.74, 6) is 0.891. The van der Waals surface area contributed by atoms with Crippen LogP contribution in [0.25, 0.3) is 0 Å². The van der Waals surface area contributed by atoms with E-state index in [1.165, 1.54) is 0 Å². The normalized spacial score (nSPS) is 22.4. The van der Waals surface area contributed by atoms with Crippen LogP contribution in [0.5, 0.6) is 5.75 Å². The fourth-order valence-electron chi connectivity index (χ4n) is 2.58. The number of para-hydroxylation sites is 1. The Morgan fingerprint density at radius 3 is 2.83 bits per heavy atom. The molecular formula is C14H17N3O. The van der Waals surface area contributed by atoms with E-state index in [2.05, 4.69) is 11.2 Å². The molecule has 0 bridgehead atoms. The standard InChI is InChI=1S/C14H17N3O/c1-9-7-10(2)17(16-9)12-8-18-13-6-4-3-5-11(13)14(12)15/h3-7,12,14H,8,15H2,1-2H3. The lowest BCUT2D eigenvalue weighted by atomic mass is 9.97. The van der Waals surface area contributed by atoms with Crippen molar-refractivity contribution < 1.29 is 4.74 Å². The second-order valence-electron chi connectivity index (χ2n) is 4.81. The van der Waals surface area contributed by atoms with Crippen LogP contribution in [0.2, 0.25) is 0 Å². The number of hydrogen-bond acceptors (Lipinski definition) is 3. The molecule has 3 rings (SSSR count). The third-order valence-corrected chi connectivity index (χ3v) is 3.46. The summed E-state index contributed by atoms with van der Waals surface area (Å²) in [6.07, 6.45) is 0. The van der Waals surface area contributed by atoms with Gasteiger partial charge in [0.15, 0.2) is 0 Å². The fraction of sp³-hybridized carbons (Fsp3) is 0.357. The Hall–Kier alpha value is -1.81. The fourth-order valence-corrected chi connectivity index (χ4v) is 2.58. The Balaban J connectivity index is 2.00. The molecule has 2 N–H and O–H groups in total. The molecule has 1 aromatic heterocycles. The molecule has 0 fully saturated rings. The van der Waals surface area contributed by atoms with Crippen molar-refractivity contribution in [1.82, 2.24) is 9.78 Å². The summed E-state index contributed by atoms with van der Waals surface area (Å²) in [7, 11) is 0. The molecule has 0 saturated carbocycles. The maximum absolute atomic E-state index is 6.36. The number of aryl methyl sites for hydroxylation is 2. The first-order chi connectivity index (χ1) is 8.66. The molecule has 2 heterocycles. The number of hydrogen-bond donors (Lipinski definition) is 1. The summed E-state index contributed by atoms with van der Waals surface area (Å²) in [5, 5.41) is 4.51. The van der Waals surface area contributed by atoms with Gasteiger partial charge in [-0.05, 0) is 26.0 Å². The van der Waals surface area contributed by atoms with Gasteiger partial charge in [-0.3, -0.25) is 4.68 Å². The minimum absolute atomic E-state index is 0.0635. The lowest BCUT2D eigenvalue weighted by molar-refractivity contribution is 0.185. The van der Waals surface area contributed by atoms with Crippen molar-refractivity contribution in [3.05, 3.63) is 47.3 Å². The summed E-state index contributed by atoms with van der Waals surface area (Å²) in [6.45, 7) is 4.61. The summed E-state index contributed by atoms with van der Waals surface area (Å²) in [6, 6.07) is 10.00. The minimum atomic E-state index is -0.0760. The van der Waals surface area contributed by atoms with Gasteiger partial charge < -0.3 is 10.5 Å². The second-order valence-corrected chi connectivity index (χ2v) is 4.81. The average molecular weight is 243 g/mol. The molecule has 1 aromatic carbocycles. The molecule has 0 saturated heterocycles. The first-order valence-electron chi connectivity index (χ1n) is 6.17. The Labute approximate surface area is 106 Å². The molecule has 0 radical (unpaired) electrons. The summed E-state index contributed by atoms with van der Waals surface area (Å²) >= 11 is 0. The average Bonchev–Trinajstić information content (AvgIpc) is 2.69. The van der Waals surface area contributed by atoms with E-state index in [0.717, 1.165) is 22.7 Å². The molecular weight excluding hydrogens is 226 g/mol. The van der Waals surface area contributed by atoms with Crippen LogP contribution in [0.4, 0.5) is 0 Å². The molecule has 1 aliphatic heterocycles. The summed E-state index contributed by atoms with van der Waals surface area (Å²) in [5.41, 5.74) is 9.55. The SMILES string of the molecule is Cc1cc(C)n(C2COc3ccccc3C2N)n1. The zero-order chi connectivity index (χ0) is 12.7. The molecule has 2 aromatic rings. The van der Waals surface area contributed by atoms with Gasteiger partial charge in [0.05, 0.1) is 11.7 Å². The molecule has 94 valence electrons. The van der Waals surface area contributed by atoms with Crippen molar-refractivity contribution >= 4 is 0 Å². The largest absolute Gasteiger partial charge is 0.491 e. The van der Waals surface area contributed by atoms with E-state index < -0.39 is 0 Å². The number of benzene rings is 1. The molecule has 4 heteroatoms. The first kappa shape index (κ1) is 11.3. The zero-order valence-electron chi connectivity index (χ0n) is 10.6. The van der Waals surface area contributed by atoms with E-state index >= 15 is 0 Å². The number of ether oxygens (including phenoxy) is 1. The molecule has 0 spiro atoms. The molecule has 2 unspecified atom stereocenters. The highest BCUT2D eigenvalue weighted by Crippen LogP contribution is 2.36. The van der Waals surface area contributed by atoms with E-state index in [1.54, 1.807) is 0 Å². The lowest BCUT2D eigenvalue weighted by Gasteiger charge is -2.31. The van der Waals surface area contributed by atoms with Crippen LogP contribution in [0, 0.1) is 13.8 Å². The van der Waals surface area contributed by atoms with Gasteiger partial charge in [-0.1, -0.05) is 18.2 Å². The Morgan fingerprint density at radius 1 is 1.33 bits per heavy atom. The van der Waals surface area contributed by atoms with Crippen molar-refractivity contribution in [3.63, 3.8) is 0 Å². The van der Waals surface area contributed by atoms with Gasteiger partial charge in [-0.15, -0.1) is 0 Å². The number of nitrogens with two attached hydrogens (primary N) is 1. The number of nitrogens with zero attached hydrogens (tertiary/aromatic N) is 2.